The summed E-state index contributed by atoms with van der Waals surface area (Å²) in [6, 6.07) is 18.3. The highest BCUT2D eigenvalue weighted by Gasteiger charge is 2.25. The Kier molecular flexibility index (Phi) is 5.83. The fraction of sp³-hybridized carbons (Fsp3) is 0.261. The maximum Gasteiger partial charge on any atom is 0.278 e. The van der Waals surface area contributed by atoms with Gasteiger partial charge in [-0.25, -0.2) is 0 Å². The fourth-order valence-electron chi connectivity index (χ4n) is 3.39. The average molecular weight is 410 g/mol. The number of amides is 1. The van der Waals surface area contributed by atoms with Crippen molar-refractivity contribution in [3.63, 3.8) is 0 Å². The third-order valence-corrected chi connectivity index (χ3v) is 6.04. The summed E-state index contributed by atoms with van der Waals surface area (Å²) in [6.07, 6.45) is 0. The molecule has 0 saturated heterocycles. The van der Waals surface area contributed by atoms with Gasteiger partial charge < -0.3 is 20.1 Å². The van der Waals surface area contributed by atoms with Gasteiger partial charge in [-0.1, -0.05) is 42.0 Å². The first kappa shape index (κ1) is 19.5. The van der Waals surface area contributed by atoms with Crippen molar-refractivity contribution in [2.24, 2.45) is 0 Å². The standard InChI is InChI=1S/C23H24N2O3S/c1-15-5-8-18(9-6-15)22(21-4-3-11-29-21)25-16(2)23(26)24-13-17-7-10-19-20(12-17)28-14-27-19/h3-12,16,22,25H,13-14H2,1-2H3,(H,24,26)/p+1/t16-,22+/m1/s1. The number of carbonyl (C=O) groups is 1. The van der Waals surface area contributed by atoms with E-state index in [1.165, 1.54) is 16.0 Å². The summed E-state index contributed by atoms with van der Waals surface area (Å²) >= 11 is 1.72. The molecule has 0 bridgehead atoms. The highest BCUT2D eigenvalue weighted by Crippen LogP contribution is 2.32. The summed E-state index contributed by atoms with van der Waals surface area (Å²) in [5.74, 6) is 1.49. The molecule has 2 atom stereocenters. The summed E-state index contributed by atoms with van der Waals surface area (Å²) in [6.45, 7) is 4.74. The lowest BCUT2D eigenvalue weighted by Crippen LogP contribution is -2.92. The molecule has 0 unspecified atom stereocenters. The van der Waals surface area contributed by atoms with E-state index in [-0.39, 0.29) is 24.8 Å². The van der Waals surface area contributed by atoms with Gasteiger partial charge in [-0.15, -0.1) is 11.3 Å². The zero-order valence-corrected chi connectivity index (χ0v) is 17.4. The molecule has 0 fully saturated rings. The second-order valence-electron chi connectivity index (χ2n) is 7.29. The van der Waals surface area contributed by atoms with E-state index in [4.69, 9.17) is 9.47 Å². The Morgan fingerprint density at radius 2 is 1.93 bits per heavy atom. The first-order chi connectivity index (χ1) is 14.1. The zero-order chi connectivity index (χ0) is 20.2. The van der Waals surface area contributed by atoms with Crippen molar-refractivity contribution >= 4 is 17.2 Å². The van der Waals surface area contributed by atoms with Crippen molar-refractivity contribution in [1.82, 2.24) is 5.32 Å². The molecule has 2 aromatic carbocycles. The summed E-state index contributed by atoms with van der Waals surface area (Å²) in [4.78, 5) is 14.0. The molecule has 3 N–H and O–H groups in total. The van der Waals surface area contributed by atoms with Crippen molar-refractivity contribution in [2.75, 3.05) is 6.79 Å². The number of benzene rings is 2. The maximum absolute atomic E-state index is 12.7. The average Bonchev–Trinajstić information content (AvgIpc) is 3.42. The molecule has 0 saturated carbocycles. The number of nitrogens with one attached hydrogen (secondary N) is 1. The van der Waals surface area contributed by atoms with Gasteiger partial charge in [0.25, 0.3) is 5.91 Å². The van der Waals surface area contributed by atoms with Gasteiger partial charge in [-0.05, 0) is 43.0 Å². The SMILES string of the molecule is Cc1ccc([C@H]([NH2+][C@H](C)C(=O)NCc2ccc3c(c2)OCO3)c2cccs2)cc1. The van der Waals surface area contributed by atoms with Crippen molar-refractivity contribution in [2.45, 2.75) is 32.5 Å². The van der Waals surface area contributed by atoms with Crippen molar-refractivity contribution in [1.29, 1.82) is 0 Å². The molecule has 3 aromatic rings. The molecular formula is C23H25N2O3S+. The number of aryl methyl sites for hydroxylation is 1. The van der Waals surface area contributed by atoms with E-state index in [0.717, 1.165) is 17.1 Å². The highest BCUT2D eigenvalue weighted by atomic mass is 32.1. The second kappa shape index (κ2) is 8.68. The predicted octanol–water partition coefficient (Wildman–Crippen LogP) is 3.14. The smallest absolute Gasteiger partial charge is 0.278 e. The van der Waals surface area contributed by atoms with Gasteiger partial charge in [0.05, 0.1) is 4.88 Å². The van der Waals surface area contributed by atoms with Gasteiger partial charge in [-0.2, -0.15) is 0 Å². The number of hydrogen-bond donors (Lipinski definition) is 2. The molecule has 1 aromatic heterocycles. The van der Waals surface area contributed by atoms with Crippen LogP contribution in [0.4, 0.5) is 0 Å². The fourth-order valence-corrected chi connectivity index (χ4v) is 4.22. The van der Waals surface area contributed by atoms with Gasteiger partial charge in [0.15, 0.2) is 17.5 Å². The summed E-state index contributed by atoms with van der Waals surface area (Å²) in [5.41, 5.74) is 3.42. The Labute approximate surface area is 174 Å². The van der Waals surface area contributed by atoms with Crippen LogP contribution in [0.2, 0.25) is 0 Å². The molecule has 4 rings (SSSR count). The van der Waals surface area contributed by atoms with Crippen LogP contribution in [0.25, 0.3) is 0 Å². The molecule has 0 spiro atoms. The Morgan fingerprint density at radius 1 is 1.14 bits per heavy atom. The largest absolute Gasteiger partial charge is 0.454 e. The summed E-state index contributed by atoms with van der Waals surface area (Å²) in [5, 5.41) is 7.25. The van der Waals surface area contributed by atoms with Gasteiger partial charge in [-0.3, -0.25) is 4.79 Å². The summed E-state index contributed by atoms with van der Waals surface area (Å²) in [7, 11) is 0. The van der Waals surface area contributed by atoms with Crippen molar-refractivity contribution in [3.8, 4) is 11.5 Å². The monoisotopic (exact) mass is 409 g/mol. The molecule has 29 heavy (non-hydrogen) atoms. The zero-order valence-electron chi connectivity index (χ0n) is 16.6. The molecule has 5 nitrogen and oxygen atoms in total. The number of fused-ring (bicyclic) bond motifs is 1. The number of thiophene rings is 1. The Hall–Kier alpha value is -2.83. The Bertz CT molecular complexity index is 970. The van der Waals surface area contributed by atoms with Crippen LogP contribution in [0.3, 0.4) is 0 Å². The lowest BCUT2D eigenvalue weighted by molar-refractivity contribution is -0.704. The van der Waals surface area contributed by atoms with Gasteiger partial charge in [0.1, 0.15) is 6.04 Å². The molecular weight excluding hydrogens is 384 g/mol. The van der Waals surface area contributed by atoms with E-state index in [1.54, 1.807) is 11.3 Å². The van der Waals surface area contributed by atoms with Crippen LogP contribution in [0, 0.1) is 6.92 Å². The van der Waals surface area contributed by atoms with Crippen LogP contribution < -0.4 is 20.1 Å². The molecule has 1 aliphatic heterocycles. The lowest BCUT2D eigenvalue weighted by atomic mass is 10.0. The molecule has 1 amide bonds. The third kappa shape index (κ3) is 4.60. The van der Waals surface area contributed by atoms with Crippen LogP contribution in [-0.4, -0.2) is 18.7 Å². The van der Waals surface area contributed by atoms with Crippen LogP contribution in [0.1, 0.15) is 34.5 Å². The molecule has 6 heteroatoms. The number of rotatable bonds is 7. The van der Waals surface area contributed by atoms with Crippen LogP contribution in [0.15, 0.2) is 60.0 Å². The van der Waals surface area contributed by atoms with E-state index in [9.17, 15) is 4.79 Å². The quantitative estimate of drug-likeness (QED) is 0.630. The minimum atomic E-state index is -0.225. The third-order valence-electron chi connectivity index (χ3n) is 5.08. The number of ether oxygens (including phenoxy) is 2. The summed E-state index contributed by atoms with van der Waals surface area (Å²) < 4.78 is 10.7. The maximum atomic E-state index is 12.7. The first-order valence-electron chi connectivity index (χ1n) is 9.71. The first-order valence-corrected chi connectivity index (χ1v) is 10.6. The minimum Gasteiger partial charge on any atom is -0.454 e. The normalized spacial score (nSPS) is 14.4. The second-order valence-corrected chi connectivity index (χ2v) is 8.27. The minimum absolute atomic E-state index is 0.0105. The molecule has 150 valence electrons. The van der Waals surface area contributed by atoms with E-state index in [1.807, 2.05) is 25.1 Å². The number of carbonyl (C=O) groups excluding carboxylic acids is 1. The number of hydrogen-bond acceptors (Lipinski definition) is 4. The van der Waals surface area contributed by atoms with E-state index in [0.29, 0.717) is 6.54 Å². The van der Waals surface area contributed by atoms with E-state index < -0.39 is 0 Å². The molecule has 0 radical (unpaired) electrons. The Morgan fingerprint density at radius 3 is 2.69 bits per heavy atom. The van der Waals surface area contributed by atoms with Crippen LogP contribution >= 0.6 is 11.3 Å². The van der Waals surface area contributed by atoms with Crippen LogP contribution in [-0.2, 0) is 11.3 Å². The van der Waals surface area contributed by atoms with E-state index >= 15 is 0 Å². The molecule has 2 heterocycles. The van der Waals surface area contributed by atoms with Crippen LogP contribution in [0.5, 0.6) is 11.5 Å². The molecule has 1 aliphatic rings. The van der Waals surface area contributed by atoms with Gasteiger partial charge >= 0.3 is 0 Å². The topological polar surface area (TPSA) is 64.2 Å². The van der Waals surface area contributed by atoms with Gasteiger partial charge in [0, 0.05) is 12.1 Å². The predicted molar refractivity (Wildman–Crippen MR) is 113 cm³/mol. The molecule has 0 aliphatic carbocycles. The van der Waals surface area contributed by atoms with E-state index in [2.05, 4.69) is 59.3 Å². The lowest BCUT2D eigenvalue weighted by Gasteiger charge is -2.19. The van der Waals surface area contributed by atoms with Crippen molar-refractivity contribution < 1.29 is 19.6 Å². The highest BCUT2D eigenvalue weighted by molar-refractivity contribution is 7.10. The number of nitrogens with two attached hydrogens (primary N) is 1. The van der Waals surface area contributed by atoms with Crippen molar-refractivity contribution in [3.05, 3.63) is 81.5 Å². The number of quaternary nitrogens is 1. The Balaban J connectivity index is 1.41. The van der Waals surface area contributed by atoms with Gasteiger partial charge in [0.2, 0.25) is 6.79 Å².